The molecule has 2 aromatic carbocycles. The van der Waals surface area contributed by atoms with Crippen LogP contribution in [0.5, 0.6) is 5.75 Å². The van der Waals surface area contributed by atoms with Crippen LogP contribution in [0.4, 0.5) is 4.39 Å². The number of primary amides is 1. The topological polar surface area (TPSA) is 84.7 Å². The number of benzene rings is 2. The number of nitrogens with zero attached hydrogens (tertiary/aromatic N) is 1. The number of ether oxygens (including phenoxy) is 1. The van der Waals surface area contributed by atoms with Gasteiger partial charge in [0.1, 0.15) is 11.6 Å². The Hall–Kier alpha value is -2.93. The van der Waals surface area contributed by atoms with Gasteiger partial charge in [-0.05, 0) is 79.6 Å². The fraction of sp³-hybridized carbons (Fsp3) is 0.500. The zero-order chi connectivity index (χ0) is 25.2. The molecule has 1 aliphatic heterocycles. The molecule has 2 amide bonds. The van der Waals surface area contributed by atoms with Crippen molar-refractivity contribution in [1.29, 1.82) is 0 Å². The lowest BCUT2D eigenvalue weighted by Crippen LogP contribution is -2.42. The number of carbonyl (C=O) groups is 2. The summed E-state index contributed by atoms with van der Waals surface area (Å²) in [6.45, 7) is 7.66. The number of nitrogens with two attached hydrogens (primary N) is 1. The number of amides is 2. The fourth-order valence-electron chi connectivity index (χ4n) is 4.48. The Bertz CT molecular complexity index is 939. The number of likely N-dealkylation sites (tertiary alicyclic amines) is 1. The van der Waals surface area contributed by atoms with Crippen molar-refractivity contribution >= 4 is 11.8 Å². The van der Waals surface area contributed by atoms with Gasteiger partial charge in [0, 0.05) is 25.4 Å². The largest absolute Gasteiger partial charge is 0.493 e. The monoisotopic (exact) mass is 483 g/mol. The van der Waals surface area contributed by atoms with Crippen LogP contribution < -0.4 is 15.8 Å². The minimum Gasteiger partial charge on any atom is -0.493 e. The van der Waals surface area contributed by atoms with E-state index < -0.39 is 0 Å². The predicted molar refractivity (Wildman–Crippen MR) is 135 cm³/mol. The molecular weight excluding hydrogens is 445 g/mol. The van der Waals surface area contributed by atoms with E-state index in [1.54, 1.807) is 12.1 Å². The van der Waals surface area contributed by atoms with E-state index in [4.69, 9.17) is 10.5 Å². The van der Waals surface area contributed by atoms with Crippen molar-refractivity contribution in [2.45, 2.75) is 46.1 Å². The van der Waals surface area contributed by atoms with Gasteiger partial charge >= 0.3 is 0 Å². The van der Waals surface area contributed by atoms with Gasteiger partial charge in [-0.2, -0.15) is 0 Å². The zero-order valence-electron chi connectivity index (χ0n) is 20.8. The number of rotatable bonds is 12. The number of hydrogen-bond acceptors (Lipinski definition) is 4. The van der Waals surface area contributed by atoms with Crippen LogP contribution in [0.25, 0.3) is 0 Å². The summed E-state index contributed by atoms with van der Waals surface area (Å²) in [5.74, 6) is 0.751. The molecule has 2 aromatic rings. The van der Waals surface area contributed by atoms with Gasteiger partial charge in [-0.1, -0.05) is 38.1 Å². The molecule has 0 spiro atoms. The van der Waals surface area contributed by atoms with E-state index >= 15 is 0 Å². The quantitative estimate of drug-likeness (QED) is 0.479. The van der Waals surface area contributed by atoms with Gasteiger partial charge < -0.3 is 20.7 Å². The van der Waals surface area contributed by atoms with Gasteiger partial charge in [0.2, 0.25) is 11.8 Å². The van der Waals surface area contributed by atoms with Crippen molar-refractivity contribution in [2.24, 2.45) is 23.5 Å². The molecular formula is C28H38FN3O3. The third kappa shape index (κ3) is 8.98. The van der Waals surface area contributed by atoms with E-state index in [2.05, 4.69) is 24.1 Å². The molecule has 1 atom stereocenters. The molecule has 1 fully saturated rings. The highest BCUT2D eigenvalue weighted by Gasteiger charge is 2.31. The summed E-state index contributed by atoms with van der Waals surface area (Å²) in [6, 6.07) is 14.2. The zero-order valence-corrected chi connectivity index (χ0v) is 20.8. The summed E-state index contributed by atoms with van der Waals surface area (Å²) in [7, 11) is 0. The van der Waals surface area contributed by atoms with Crippen molar-refractivity contribution in [3.63, 3.8) is 0 Å². The van der Waals surface area contributed by atoms with Crippen molar-refractivity contribution < 1.29 is 18.7 Å². The molecule has 0 radical (unpaired) electrons. The second-order valence-corrected chi connectivity index (χ2v) is 9.90. The van der Waals surface area contributed by atoms with Crippen molar-refractivity contribution in [2.75, 3.05) is 26.2 Å². The Morgan fingerprint density at radius 1 is 1.06 bits per heavy atom. The van der Waals surface area contributed by atoms with Gasteiger partial charge in [-0.15, -0.1) is 0 Å². The summed E-state index contributed by atoms with van der Waals surface area (Å²) in [6.07, 6.45) is 2.67. The summed E-state index contributed by atoms with van der Waals surface area (Å²) >= 11 is 0. The first-order valence-corrected chi connectivity index (χ1v) is 12.5. The summed E-state index contributed by atoms with van der Waals surface area (Å²) in [4.78, 5) is 26.7. The lowest BCUT2D eigenvalue weighted by molar-refractivity contribution is -0.127. The molecule has 0 unspecified atom stereocenters. The average molecular weight is 484 g/mol. The number of carbonyl (C=O) groups excluding carboxylic acids is 2. The maximum absolute atomic E-state index is 13.4. The Labute approximate surface area is 208 Å². The molecule has 1 aliphatic rings. The first-order chi connectivity index (χ1) is 16.8. The van der Waals surface area contributed by atoms with Crippen molar-refractivity contribution in [1.82, 2.24) is 10.2 Å². The molecule has 3 rings (SSSR count). The third-order valence-corrected chi connectivity index (χ3v) is 6.55. The highest BCUT2D eigenvalue weighted by Crippen LogP contribution is 2.29. The Morgan fingerprint density at radius 2 is 1.69 bits per heavy atom. The summed E-state index contributed by atoms with van der Waals surface area (Å²) in [5, 5.41) is 3.12. The molecule has 3 N–H and O–H groups in total. The Morgan fingerprint density at radius 3 is 2.29 bits per heavy atom. The van der Waals surface area contributed by atoms with Crippen molar-refractivity contribution in [3.8, 4) is 5.75 Å². The van der Waals surface area contributed by atoms with E-state index in [0.29, 0.717) is 38.5 Å². The normalized spacial score (nSPS) is 15.7. The molecule has 35 heavy (non-hydrogen) atoms. The number of halogens is 1. The van der Waals surface area contributed by atoms with Crippen LogP contribution in [0.1, 0.15) is 44.2 Å². The minimum absolute atomic E-state index is 0.0186. The standard InChI is InChI=1S/C28H38FN3O3/c1-20(2)19-35-25-9-5-22(6-10-25)18-31-28(34)26(17-21-3-7-24(29)8-4-21)23-11-14-32(15-12-23)16-13-27(30)33/h3-10,20,23,26H,11-19H2,1-2H3,(H2,30,33)(H,31,34)/t26-/m0/s1. The number of hydrogen-bond donors (Lipinski definition) is 2. The van der Waals surface area contributed by atoms with E-state index in [0.717, 1.165) is 42.8 Å². The lowest BCUT2D eigenvalue weighted by atomic mass is 9.80. The minimum atomic E-state index is -0.291. The first kappa shape index (κ1) is 26.7. The van der Waals surface area contributed by atoms with E-state index in [9.17, 15) is 14.0 Å². The van der Waals surface area contributed by atoms with Crippen LogP contribution in [-0.4, -0.2) is 43.0 Å². The van der Waals surface area contributed by atoms with Crippen LogP contribution in [0.2, 0.25) is 0 Å². The van der Waals surface area contributed by atoms with E-state index in [-0.39, 0.29) is 29.5 Å². The summed E-state index contributed by atoms with van der Waals surface area (Å²) in [5.41, 5.74) is 7.25. The average Bonchev–Trinajstić information content (AvgIpc) is 2.85. The van der Waals surface area contributed by atoms with E-state index in [1.807, 2.05) is 24.3 Å². The highest BCUT2D eigenvalue weighted by atomic mass is 19.1. The molecule has 0 aromatic heterocycles. The smallest absolute Gasteiger partial charge is 0.223 e. The molecule has 0 bridgehead atoms. The number of nitrogens with one attached hydrogen (secondary N) is 1. The third-order valence-electron chi connectivity index (χ3n) is 6.55. The molecule has 190 valence electrons. The van der Waals surface area contributed by atoms with Crippen LogP contribution >= 0.6 is 0 Å². The molecule has 0 aliphatic carbocycles. The van der Waals surface area contributed by atoms with Gasteiger partial charge in [0.05, 0.1) is 6.61 Å². The second kappa shape index (κ2) is 13.2. The van der Waals surface area contributed by atoms with Gasteiger partial charge in [0.15, 0.2) is 0 Å². The maximum atomic E-state index is 13.4. The predicted octanol–water partition coefficient (Wildman–Crippen LogP) is 3.92. The number of piperidine rings is 1. The highest BCUT2D eigenvalue weighted by molar-refractivity contribution is 5.79. The van der Waals surface area contributed by atoms with Gasteiger partial charge in [0.25, 0.3) is 0 Å². The molecule has 7 heteroatoms. The fourth-order valence-corrected chi connectivity index (χ4v) is 4.48. The van der Waals surface area contributed by atoms with Crippen LogP contribution in [0.3, 0.4) is 0 Å². The Balaban J connectivity index is 1.60. The molecule has 6 nitrogen and oxygen atoms in total. The SMILES string of the molecule is CC(C)COc1ccc(CNC(=O)[C@@H](Cc2ccc(F)cc2)C2CCN(CCC(N)=O)CC2)cc1. The summed E-state index contributed by atoms with van der Waals surface area (Å²) < 4.78 is 19.1. The maximum Gasteiger partial charge on any atom is 0.223 e. The van der Waals surface area contributed by atoms with Crippen LogP contribution in [0.15, 0.2) is 48.5 Å². The first-order valence-electron chi connectivity index (χ1n) is 12.5. The van der Waals surface area contributed by atoms with Crippen LogP contribution in [-0.2, 0) is 22.6 Å². The van der Waals surface area contributed by atoms with E-state index in [1.165, 1.54) is 12.1 Å². The molecule has 0 saturated carbocycles. The Kier molecular flexibility index (Phi) is 10.1. The van der Waals surface area contributed by atoms with Crippen molar-refractivity contribution in [3.05, 3.63) is 65.5 Å². The van der Waals surface area contributed by atoms with Gasteiger partial charge in [-0.25, -0.2) is 4.39 Å². The van der Waals surface area contributed by atoms with Gasteiger partial charge in [-0.3, -0.25) is 9.59 Å². The van der Waals surface area contributed by atoms with Crippen LogP contribution in [0, 0.1) is 23.6 Å². The lowest BCUT2D eigenvalue weighted by Gasteiger charge is -2.35. The molecule has 1 saturated heterocycles. The molecule has 1 heterocycles. The second-order valence-electron chi connectivity index (χ2n) is 9.90.